The number of anilines is 1. The van der Waals surface area contributed by atoms with E-state index in [2.05, 4.69) is 10.6 Å². The van der Waals surface area contributed by atoms with Gasteiger partial charge in [-0.15, -0.1) is 0 Å². The van der Waals surface area contributed by atoms with Crippen LogP contribution >= 0.6 is 11.8 Å². The van der Waals surface area contributed by atoms with Crippen LogP contribution in [0.2, 0.25) is 0 Å². The van der Waals surface area contributed by atoms with E-state index < -0.39 is 5.76 Å². The van der Waals surface area contributed by atoms with E-state index >= 15 is 0 Å². The standard InChI is InChI=1S/C17H18F2N2O2S/c1-23-15-5-3-2-4-12(15)10-11-20-17(22)21-13-6-8-14(9-7-13)24-16(18)19/h2-9,16H,10-11H2,1H3,(H2,20,21,22). The number of thioether (sulfide) groups is 1. The lowest BCUT2D eigenvalue weighted by Gasteiger charge is -2.10. The van der Waals surface area contributed by atoms with Crippen molar-refractivity contribution in [2.45, 2.75) is 17.1 Å². The molecule has 128 valence electrons. The van der Waals surface area contributed by atoms with Crippen LogP contribution in [0.4, 0.5) is 19.3 Å². The number of nitrogens with one attached hydrogen (secondary N) is 2. The predicted molar refractivity (Wildman–Crippen MR) is 92.0 cm³/mol. The second kappa shape index (κ2) is 9.12. The Kier molecular flexibility index (Phi) is 6.87. The molecule has 24 heavy (non-hydrogen) atoms. The number of urea groups is 1. The summed E-state index contributed by atoms with van der Waals surface area (Å²) < 4.78 is 29.7. The number of alkyl halides is 2. The zero-order chi connectivity index (χ0) is 17.4. The van der Waals surface area contributed by atoms with Crippen LogP contribution in [0.5, 0.6) is 5.75 Å². The minimum Gasteiger partial charge on any atom is -0.496 e. The number of ether oxygens (including phenoxy) is 1. The minimum absolute atomic E-state index is 0.348. The Morgan fingerprint density at radius 2 is 1.88 bits per heavy atom. The summed E-state index contributed by atoms with van der Waals surface area (Å²) in [5.74, 6) is -1.67. The predicted octanol–water partition coefficient (Wildman–Crippen LogP) is 4.37. The van der Waals surface area contributed by atoms with Gasteiger partial charge >= 0.3 is 6.03 Å². The fourth-order valence-electron chi connectivity index (χ4n) is 2.12. The normalized spacial score (nSPS) is 10.5. The molecule has 2 rings (SSSR count). The van der Waals surface area contributed by atoms with Crippen molar-refractivity contribution in [1.82, 2.24) is 5.32 Å². The molecule has 0 unspecified atom stereocenters. The number of benzene rings is 2. The number of amides is 2. The number of hydrogen-bond donors (Lipinski definition) is 2. The number of para-hydroxylation sites is 1. The Labute approximate surface area is 143 Å². The second-order valence-corrected chi connectivity index (χ2v) is 5.91. The molecule has 0 atom stereocenters. The molecule has 0 aromatic heterocycles. The number of hydrogen-bond acceptors (Lipinski definition) is 3. The number of halogens is 2. The maximum absolute atomic E-state index is 12.2. The van der Waals surface area contributed by atoms with Gasteiger partial charge in [-0.3, -0.25) is 0 Å². The van der Waals surface area contributed by atoms with Crippen LogP contribution < -0.4 is 15.4 Å². The van der Waals surface area contributed by atoms with E-state index in [4.69, 9.17) is 4.74 Å². The van der Waals surface area contributed by atoms with Gasteiger partial charge in [0.15, 0.2) is 0 Å². The van der Waals surface area contributed by atoms with Crippen molar-refractivity contribution < 1.29 is 18.3 Å². The first-order valence-electron chi connectivity index (χ1n) is 7.30. The van der Waals surface area contributed by atoms with Crippen LogP contribution in [0.1, 0.15) is 5.56 Å². The average Bonchev–Trinajstić information content (AvgIpc) is 2.56. The van der Waals surface area contributed by atoms with E-state index in [-0.39, 0.29) is 6.03 Å². The van der Waals surface area contributed by atoms with Gasteiger partial charge in [-0.1, -0.05) is 30.0 Å². The Morgan fingerprint density at radius 1 is 1.17 bits per heavy atom. The van der Waals surface area contributed by atoms with E-state index in [9.17, 15) is 13.6 Å². The SMILES string of the molecule is COc1ccccc1CCNC(=O)Nc1ccc(SC(F)F)cc1. The van der Waals surface area contributed by atoms with Crippen molar-refractivity contribution in [2.75, 3.05) is 19.0 Å². The molecule has 0 saturated heterocycles. The van der Waals surface area contributed by atoms with Gasteiger partial charge in [-0.05, 0) is 42.3 Å². The number of carbonyl (C=O) groups is 1. The molecule has 0 radical (unpaired) electrons. The molecule has 4 nitrogen and oxygen atoms in total. The van der Waals surface area contributed by atoms with E-state index in [1.165, 1.54) is 0 Å². The summed E-state index contributed by atoms with van der Waals surface area (Å²) >= 11 is 0.467. The molecule has 0 aliphatic carbocycles. The van der Waals surface area contributed by atoms with Crippen LogP contribution in [0, 0.1) is 0 Å². The largest absolute Gasteiger partial charge is 0.496 e. The highest BCUT2D eigenvalue weighted by Crippen LogP contribution is 2.26. The summed E-state index contributed by atoms with van der Waals surface area (Å²) in [6.07, 6.45) is 0.640. The number of methoxy groups -OCH3 is 1. The van der Waals surface area contributed by atoms with Crippen LogP contribution in [-0.4, -0.2) is 25.4 Å². The average molecular weight is 352 g/mol. The third kappa shape index (κ3) is 5.73. The molecule has 2 amide bonds. The van der Waals surface area contributed by atoms with Gasteiger partial charge in [0.25, 0.3) is 5.76 Å². The Hall–Kier alpha value is -2.28. The fraction of sp³-hybridized carbons (Fsp3) is 0.235. The molecule has 0 heterocycles. The van der Waals surface area contributed by atoms with Crippen molar-refractivity contribution in [1.29, 1.82) is 0 Å². The Morgan fingerprint density at radius 3 is 2.54 bits per heavy atom. The number of carbonyl (C=O) groups excluding carboxylic acids is 1. The molecule has 2 aromatic carbocycles. The lowest BCUT2D eigenvalue weighted by Crippen LogP contribution is -2.30. The smallest absolute Gasteiger partial charge is 0.319 e. The highest BCUT2D eigenvalue weighted by molar-refractivity contribution is 7.99. The summed E-state index contributed by atoms with van der Waals surface area (Å²) in [6.45, 7) is 0.450. The van der Waals surface area contributed by atoms with Crippen molar-refractivity contribution in [3.8, 4) is 5.75 Å². The van der Waals surface area contributed by atoms with Crippen LogP contribution in [0.3, 0.4) is 0 Å². The summed E-state index contributed by atoms with van der Waals surface area (Å²) in [6, 6.07) is 13.5. The van der Waals surface area contributed by atoms with Gasteiger partial charge < -0.3 is 15.4 Å². The quantitative estimate of drug-likeness (QED) is 0.728. The molecular formula is C17H18F2N2O2S. The first-order valence-corrected chi connectivity index (χ1v) is 8.18. The highest BCUT2D eigenvalue weighted by atomic mass is 32.2. The van der Waals surface area contributed by atoms with Crippen LogP contribution in [-0.2, 0) is 6.42 Å². The van der Waals surface area contributed by atoms with Gasteiger partial charge in [-0.2, -0.15) is 8.78 Å². The van der Waals surface area contributed by atoms with Crippen molar-refractivity contribution >= 4 is 23.5 Å². The Balaban J connectivity index is 1.79. The lowest BCUT2D eigenvalue weighted by atomic mass is 10.1. The fourth-order valence-corrected chi connectivity index (χ4v) is 2.61. The van der Waals surface area contributed by atoms with Gasteiger partial charge in [0, 0.05) is 17.1 Å². The van der Waals surface area contributed by atoms with Gasteiger partial charge in [0.1, 0.15) is 5.75 Å². The van der Waals surface area contributed by atoms with Gasteiger partial charge in [-0.25, -0.2) is 4.79 Å². The summed E-state index contributed by atoms with van der Waals surface area (Å²) in [7, 11) is 1.61. The summed E-state index contributed by atoms with van der Waals surface area (Å²) in [5.41, 5.74) is 1.55. The van der Waals surface area contributed by atoms with Crippen molar-refractivity contribution in [2.24, 2.45) is 0 Å². The monoisotopic (exact) mass is 352 g/mol. The first kappa shape index (κ1) is 18.1. The van der Waals surface area contributed by atoms with Crippen molar-refractivity contribution in [3.05, 3.63) is 54.1 Å². The molecule has 0 fully saturated rings. The van der Waals surface area contributed by atoms with Crippen molar-refractivity contribution in [3.63, 3.8) is 0 Å². The molecular weight excluding hydrogens is 334 g/mol. The van der Waals surface area contributed by atoms with E-state index in [0.717, 1.165) is 11.3 Å². The molecule has 0 spiro atoms. The van der Waals surface area contributed by atoms with E-state index in [1.54, 1.807) is 31.4 Å². The molecule has 2 N–H and O–H groups in total. The summed E-state index contributed by atoms with van der Waals surface area (Å²) in [5, 5.41) is 5.41. The van der Waals surface area contributed by atoms with Gasteiger partial charge in [0.05, 0.1) is 7.11 Å². The van der Waals surface area contributed by atoms with E-state index in [1.807, 2.05) is 24.3 Å². The minimum atomic E-state index is -2.46. The zero-order valence-corrected chi connectivity index (χ0v) is 13.9. The summed E-state index contributed by atoms with van der Waals surface area (Å²) in [4.78, 5) is 12.3. The highest BCUT2D eigenvalue weighted by Gasteiger charge is 2.06. The van der Waals surface area contributed by atoms with Crippen LogP contribution in [0.25, 0.3) is 0 Å². The van der Waals surface area contributed by atoms with Gasteiger partial charge in [0.2, 0.25) is 0 Å². The Bertz CT molecular complexity index is 666. The molecule has 0 saturated carbocycles. The van der Waals surface area contributed by atoms with E-state index in [0.29, 0.717) is 35.3 Å². The molecule has 2 aromatic rings. The molecule has 0 aliphatic heterocycles. The molecule has 0 aliphatic rings. The zero-order valence-electron chi connectivity index (χ0n) is 13.1. The maximum Gasteiger partial charge on any atom is 0.319 e. The maximum atomic E-state index is 12.2. The first-order chi connectivity index (χ1) is 11.6. The third-order valence-corrected chi connectivity index (χ3v) is 3.93. The third-order valence-electron chi connectivity index (χ3n) is 3.21. The number of rotatable bonds is 7. The molecule has 0 bridgehead atoms. The molecule has 7 heteroatoms. The lowest BCUT2D eigenvalue weighted by molar-refractivity contribution is 0.251. The van der Waals surface area contributed by atoms with Crippen LogP contribution in [0.15, 0.2) is 53.4 Å². The topological polar surface area (TPSA) is 50.4 Å². The second-order valence-electron chi connectivity index (χ2n) is 4.85.